The highest BCUT2D eigenvalue weighted by molar-refractivity contribution is 5.93. The second-order valence-corrected chi connectivity index (χ2v) is 8.35. The van der Waals surface area contributed by atoms with E-state index in [-0.39, 0.29) is 6.42 Å². The summed E-state index contributed by atoms with van der Waals surface area (Å²) in [5.74, 6) is -2.33. The molecule has 0 spiro atoms. The minimum absolute atomic E-state index is 0.0349. The van der Waals surface area contributed by atoms with Crippen molar-refractivity contribution < 1.29 is 24.7 Å². The van der Waals surface area contributed by atoms with Gasteiger partial charge in [-0.25, -0.2) is 5.48 Å². The number of nitrogens with two attached hydrogens (primary N) is 1. The fourth-order valence-electron chi connectivity index (χ4n) is 3.18. The van der Waals surface area contributed by atoms with Gasteiger partial charge in [-0.3, -0.25) is 19.6 Å². The lowest BCUT2D eigenvalue weighted by Crippen LogP contribution is -2.56. The van der Waals surface area contributed by atoms with Gasteiger partial charge in [0, 0.05) is 18.2 Å². The van der Waals surface area contributed by atoms with Crippen LogP contribution in [0.1, 0.15) is 27.2 Å². The molecule has 0 aromatic heterocycles. The number of hydrogen-bond donors (Lipinski definition) is 6. The number of benzene rings is 2. The zero-order chi connectivity index (χ0) is 23.9. The SMILES string of the molecule is CC(NC(=O)C(Nc1ccc(-c2ccccc2)cc1)C(O)C(=O)NO)C(C)(C)CC(N)=O. The second kappa shape index (κ2) is 10.7. The summed E-state index contributed by atoms with van der Waals surface area (Å²) in [5.41, 5.74) is 8.43. The average Bonchev–Trinajstić information content (AvgIpc) is 2.76. The summed E-state index contributed by atoms with van der Waals surface area (Å²) in [7, 11) is 0. The number of hydrogen-bond acceptors (Lipinski definition) is 6. The van der Waals surface area contributed by atoms with Crippen LogP contribution in [-0.2, 0) is 14.4 Å². The Morgan fingerprint density at radius 3 is 2.06 bits per heavy atom. The molecule has 0 aliphatic heterocycles. The average molecular weight is 443 g/mol. The van der Waals surface area contributed by atoms with Crippen LogP contribution in [0.25, 0.3) is 11.1 Å². The molecular weight excluding hydrogens is 412 g/mol. The van der Waals surface area contributed by atoms with Crippen LogP contribution in [0.15, 0.2) is 54.6 Å². The van der Waals surface area contributed by atoms with E-state index in [1.54, 1.807) is 32.9 Å². The van der Waals surface area contributed by atoms with Gasteiger partial charge in [0.05, 0.1) is 0 Å². The first-order valence-electron chi connectivity index (χ1n) is 10.2. The number of carbonyl (C=O) groups excluding carboxylic acids is 3. The number of primary amides is 1. The van der Waals surface area contributed by atoms with Crippen molar-refractivity contribution in [2.24, 2.45) is 11.1 Å². The molecule has 3 atom stereocenters. The van der Waals surface area contributed by atoms with E-state index in [4.69, 9.17) is 10.9 Å². The summed E-state index contributed by atoms with van der Waals surface area (Å²) in [6.07, 6.45) is -1.84. The molecule has 7 N–H and O–H groups in total. The molecule has 0 fully saturated rings. The monoisotopic (exact) mass is 442 g/mol. The minimum atomic E-state index is -1.87. The Labute approximate surface area is 187 Å². The number of carbonyl (C=O) groups is 3. The molecule has 0 heterocycles. The van der Waals surface area contributed by atoms with E-state index in [9.17, 15) is 19.5 Å². The van der Waals surface area contributed by atoms with E-state index in [0.29, 0.717) is 5.69 Å². The third-order valence-electron chi connectivity index (χ3n) is 5.45. The molecule has 0 aliphatic carbocycles. The maximum atomic E-state index is 12.9. The van der Waals surface area contributed by atoms with E-state index >= 15 is 0 Å². The molecular formula is C23H30N4O5. The Morgan fingerprint density at radius 2 is 1.53 bits per heavy atom. The van der Waals surface area contributed by atoms with Crippen molar-refractivity contribution >= 4 is 23.4 Å². The molecule has 32 heavy (non-hydrogen) atoms. The van der Waals surface area contributed by atoms with Crippen molar-refractivity contribution in [2.75, 3.05) is 5.32 Å². The number of aliphatic hydroxyl groups excluding tert-OH is 1. The molecule has 0 bridgehead atoms. The number of nitrogens with one attached hydrogen (secondary N) is 3. The number of aliphatic hydroxyl groups is 1. The lowest BCUT2D eigenvalue weighted by atomic mass is 9.81. The maximum absolute atomic E-state index is 12.9. The molecule has 2 aromatic carbocycles. The molecule has 9 nitrogen and oxygen atoms in total. The highest BCUT2D eigenvalue weighted by Crippen LogP contribution is 2.25. The summed E-state index contributed by atoms with van der Waals surface area (Å²) < 4.78 is 0. The normalized spacial score (nSPS) is 14.0. The fourth-order valence-corrected chi connectivity index (χ4v) is 3.18. The Morgan fingerprint density at radius 1 is 0.969 bits per heavy atom. The van der Waals surface area contributed by atoms with E-state index in [1.165, 1.54) is 5.48 Å². The first-order valence-corrected chi connectivity index (χ1v) is 10.2. The van der Waals surface area contributed by atoms with Gasteiger partial charge >= 0.3 is 0 Å². The molecule has 9 heteroatoms. The zero-order valence-corrected chi connectivity index (χ0v) is 18.3. The van der Waals surface area contributed by atoms with Crippen LogP contribution in [0.5, 0.6) is 0 Å². The number of hydroxylamine groups is 1. The van der Waals surface area contributed by atoms with Gasteiger partial charge in [-0.2, -0.15) is 0 Å². The van der Waals surface area contributed by atoms with Gasteiger partial charge < -0.3 is 21.5 Å². The predicted octanol–water partition coefficient (Wildman–Crippen LogP) is 1.41. The predicted molar refractivity (Wildman–Crippen MR) is 120 cm³/mol. The van der Waals surface area contributed by atoms with Crippen LogP contribution in [0.4, 0.5) is 5.69 Å². The lowest BCUT2D eigenvalue weighted by Gasteiger charge is -2.33. The van der Waals surface area contributed by atoms with Crippen LogP contribution < -0.4 is 21.8 Å². The minimum Gasteiger partial charge on any atom is -0.380 e. The first-order chi connectivity index (χ1) is 15.0. The highest BCUT2D eigenvalue weighted by atomic mass is 16.5. The van der Waals surface area contributed by atoms with Crippen molar-refractivity contribution in [1.82, 2.24) is 10.8 Å². The van der Waals surface area contributed by atoms with Crippen LogP contribution in [0, 0.1) is 5.41 Å². The van der Waals surface area contributed by atoms with E-state index in [0.717, 1.165) is 11.1 Å². The van der Waals surface area contributed by atoms with Crippen LogP contribution in [-0.4, -0.2) is 46.2 Å². The second-order valence-electron chi connectivity index (χ2n) is 8.35. The molecule has 0 aliphatic rings. The molecule has 172 valence electrons. The van der Waals surface area contributed by atoms with E-state index in [2.05, 4.69) is 10.6 Å². The highest BCUT2D eigenvalue weighted by Gasteiger charge is 2.36. The summed E-state index contributed by atoms with van der Waals surface area (Å²) >= 11 is 0. The van der Waals surface area contributed by atoms with Crippen molar-refractivity contribution in [3.63, 3.8) is 0 Å². The zero-order valence-electron chi connectivity index (χ0n) is 18.3. The third-order valence-corrected chi connectivity index (χ3v) is 5.45. The first kappa shape index (κ1) is 24.8. The van der Waals surface area contributed by atoms with E-state index in [1.807, 2.05) is 42.5 Å². The topological polar surface area (TPSA) is 154 Å². The quantitative estimate of drug-likeness (QED) is 0.242. The smallest absolute Gasteiger partial charge is 0.274 e. The largest absolute Gasteiger partial charge is 0.380 e. The van der Waals surface area contributed by atoms with Crippen molar-refractivity contribution in [3.05, 3.63) is 54.6 Å². The van der Waals surface area contributed by atoms with Crippen molar-refractivity contribution in [3.8, 4) is 11.1 Å². The van der Waals surface area contributed by atoms with Gasteiger partial charge in [0.15, 0.2) is 6.10 Å². The summed E-state index contributed by atoms with van der Waals surface area (Å²) in [6, 6.07) is 14.9. The third kappa shape index (κ3) is 6.53. The number of rotatable bonds is 10. The van der Waals surface area contributed by atoms with Crippen LogP contribution in [0.2, 0.25) is 0 Å². The van der Waals surface area contributed by atoms with Crippen molar-refractivity contribution in [2.45, 2.75) is 45.4 Å². The molecule has 3 unspecified atom stereocenters. The summed E-state index contributed by atoms with van der Waals surface area (Å²) in [4.78, 5) is 36.1. The molecule has 2 aromatic rings. The summed E-state index contributed by atoms with van der Waals surface area (Å²) in [6.45, 7) is 5.24. The van der Waals surface area contributed by atoms with Gasteiger partial charge in [-0.15, -0.1) is 0 Å². The molecule has 2 rings (SSSR count). The Bertz CT molecular complexity index is 931. The Kier molecular flexibility index (Phi) is 8.34. The Balaban J connectivity index is 2.20. The molecule has 0 saturated carbocycles. The standard InChI is InChI=1S/C23H30N4O5/c1-14(23(2,3)13-18(24)28)25-21(30)19(20(29)22(31)27-32)26-17-11-9-16(10-12-17)15-7-5-4-6-8-15/h4-12,14,19-20,26,29,32H,13H2,1-3H3,(H2,24,28)(H,25,30)(H,27,31). The Hall–Kier alpha value is -3.43. The van der Waals surface area contributed by atoms with Gasteiger partial charge in [0.2, 0.25) is 11.8 Å². The van der Waals surface area contributed by atoms with Crippen molar-refractivity contribution in [1.29, 1.82) is 0 Å². The molecule has 0 saturated heterocycles. The van der Waals surface area contributed by atoms with Gasteiger partial charge in [-0.1, -0.05) is 56.3 Å². The van der Waals surface area contributed by atoms with Gasteiger partial charge in [0.1, 0.15) is 6.04 Å². The van der Waals surface area contributed by atoms with Crippen LogP contribution in [0.3, 0.4) is 0 Å². The maximum Gasteiger partial charge on any atom is 0.274 e. The van der Waals surface area contributed by atoms with Gasteiger partial charge in [0.25, 0.3) is 5.91 Å². The lowest BCUT2D eigenvalue weighted by molar-refractivity contribution is -0.142. The molecule has 3 amide bonds. The number of amides is 3. The summed E-state index contributed by atoms with van der Waals surface area (Å²) in [5, 5.41) is 24.8. The fraction of sp³-hybridized carbons (Fsp3) is 0.348. The molecule has 0 radical (unpaired) electrons. The van der Waals surface area contributed by atoms with Gasteiger partial charge in [-0.05, 0) is 35.6 Å². The van der Waals surface area contributed by atoms with Crippen LogP contribution >= 0.6 is 0 Å². The number of anilines is 1. The van der Waals surface area contributed by atoms with E-state index < -0.39 is 41.3 Å².